The molecular weight excluding hydrogens is 288 g/mol. The molecule has 0 radical (unpaired) electrons. The molecule has 0 aromatic rings. The minimum Gasteiger partial charge on any atom is -0.480 e. The number of carbonyl (C=O) groups is 3. The van der Waals surface area contributed by atoms with E-state index in [4.69, 9.17) is 4.74 Å². The van der Waals surface area contributed by atoms with Gasteiger partial charge in [0.25, 0.3) is 0 Å². The number of likely N-dealkylation sites (N-methyl/N-ethyl adjacent to an activating group) is 1. The van der Waals surface area contributed by atoms with E-state index in [-0.39, 0.29) is 36.9 Å². The van der Waals surface area contributed by atoms with Gasteiger partial charge in [-0.3, -0.25) is 9.59 Å². The van der Waals surface area contributed by atoms with Crippen molar-refractivity contribution in [3.8, 4) is 0 Å². The number of hydrogen-bond donors (Lipinski definition) is 1. The molecule has 1 N–H and O–H groups in total. The van der Waals surface area contributed by atoms with E-state index < -0.39 is 12.0 Å². The van der Waals surface area contributed by atoms with Crippen molar-refractivity contribution in [2.75, 3.05) is 27.3 Å². The Balaban J connectivity index is 2.07. The Hall–Kier alpha value is -1.63. The van der Waals surface area contributed by atoms with E-state index in [0.29, 0.717) is 6.42 Å². The maximum Gasteiger partial charge on any atom is 0.326 e. The third-order valence-electron chi connectivity index (χ3n) is 4.73. The molecule has 1 heterocycles. The van der Waals surface area contributed by atoms with Crippen LogP contribution in [0.2, 0.25) is 0 Å². The zero-order chi connectivity index (χ0) is 16.3. The van der Waals surface area contributed by atoms with Gasteiger partial charge < -0.3 is 19.6 Å². The van der Waals surface area contributed by atoms with Crippen molar-refractivity contribution in [3.05, 3.63) is 0 Å². The van der Waals surface area contributed by atoms with E-state index in [1.807, 2.05) is 0 Å². The summed E-state index contributed by atoms with van der Waals surface area (Å²) in [5.74, 6) is -1.25. The van der Waals surface area contributed by atoms with Gasteiger partial charge >= 0.3 is 5.97 Å². The minimum absolute atomic E-state index is 0.00766. The van der Waals surface area contributed by atoms with Crippen LogP contribution in [-0.2, 0) is 19.1 Å². The van der Waals surface area contributed by atoms with Crippen LogP contribution in [0.1, 0.15) is 32.1 Å². The van der Waals surface area contributed by atoms with Crippen molar-refractivity contribution in [2.45, 2.75) is 44.2 Å². The molecule has 3 unspecified atom stereocenters. The molecule has 2 aliphatic rings. The number of carboxylic acid groups (broad SMARTS) is 1. The molecule has 0 bridgehead atoms. The molecule has 7 heteroatoms. The molecule has 0 aromatic heterocycles. The Bertz CT molecular complexity index is 453. The molecule has 1 saturated heterocycles. The summed E-state index contributed by atoms with van der Waals surface area (Å²) in [6.45, 7) is -0.187. The predicted molar refractivity (Wildman–Crippen MR) is 78.1 cm³/mol. The van der Waals surface area contributed by atoms with Gasteiger partial charge in [0.15, 0.2) is 0 Å². The van der Waals surface area contributed by atoms with Crippen LogP contribution >= 0.6 is 0 Å². The van der Waals surface area contributed by atoms with Crippen LogP contribution in [0.25, 0.3) is 0 Å². The Kier molecular flexibility index (Phi) is 5.39. The van der Waals surface area contributed by atoms with Gasteiger partial charge in [0.1, 0.15) is 12.6 Å². The molecule has 2 amide bonds. The predicted octanol–water partition coefficient (Wildman–Crippen LogP) is 0.336. The SMILES string of the molecule is COCC(=O)N(C)CC(=O)N1C(C(=O)O)CC2CCCCC21. The zero-order valence-electron chi connectivity index (χ0n) is 13.2. The van der Waals surface area contributed by atoms with E-state index in [1.54, 1.807) is 0 Å². The van der Waals surface area contributed by atoms with Crippen LogP contribution in [0, 0.1) is 5.92 Å². The third-order valence-corrected chi connectivity index (χ3v) is 4.73. The fraction of sp³-hybridized carbons (Fsp3) is 0.800. The molecule has 1 aliphatic carbocycles. The number of carboxylic acids is 1. The normalized spacial score (nSPS) is 27.4. The quantitative estimate of drug-likeness (QED) is 0.791. The topological polar surface area (TPSA) is 87.2 Å². The summed E-state index contributed by atoms with van der Waals surface area (Å²) in [6, 6.07) is -0.750. The zero-order valence-corrected chi connectivity index (χ0v) is 13.2. The molecule has 1 saturated carbocycles. The standard InChI is InChI=1S/C15H24N2O5/c1-16(14(19)9-22-2)8-13(18)17-11-6-4-3-5-10(11)7-12(17)15(20)21/h10-12H,3-9H2,1-2H3,(H,20,21). The lowest BCUT2D eigenvalue weighted by atomic mass is 9.85. The largest absolute Gasteiger partial charge is 0.480 e. The third kappa shape index (κ3) is 3.40. The van der Waals surface area contributed by atoms with Gasteiger partial charge in [-0.05, 0) is 25.2 Å². The average molecular weight is 312 g/mol. The maximum absolute atomic E-state index is 12.6. The van der Waals surface area contributed by atoms with Crippen molar-refractivity contribution in [2.24, 2.45) is 5.92 Å². The number of ether oxygens (including phenoxy) is 1. The molecule has 0 spiro atoms. The number of methoxy groups -OCH3 is 1. The molecule has 7 nitrogen and oxygen atoms in total. The first kappa shape index (κ1) is 16.7. The number of nitrogens with zero attached hydrogens (tertiary/aromatic N) is 2. The summed E-state index contributed by atoms with van der Waals surface area (Å²) < 4.78 is 4.77. The number of carbonyl (C=O) groups excluding carboxylic acids is 2. The first-order valence-corrected chi connectivity index (χ1v) is 7.72. The summed E-state index contributed by atoms with van der Waals surface area (Å²) >= 11 is 0. The minimum atomic E-state index is -0.950. The number of aliphatic carboxylic acids is 1. The lowest BCUT2D eigenvalue weighted by molar-refractivity contribution is -0.151. The highest BCUT2D eigenvalue weighted by Gasteiger charge is 2.47. The monoisotopic (exact) mass is 312 g/mol. The maximum atomic E-state index is 12.6. The lowest BCUT2D eigenvalue weighted by Gasteiger charge is -2.34. The first-order chi connectivity index (χ1) is 10.5. The van der Waals surface area contributed by atoms with Crippen LogP contribution in [0.3, 0.4) is 0 Å². The smallest absolute Gasteiger partial charge is 0.326 e. The van der Waals surface area contributed by atoms with E-state index in [9.17, 15) is 19.5 Å². The van der Waals surface area contributed by atoms with Crippen molar-refractivity contribution >= 4 is 17.8 Å². The highest BCUT2D eigenvalue weighted by atomic mass is 16.5. The highest BCUT2D eigenvalue weighted by molar-refractivity contribution is 5.89. The van der Waals surface area contributed by atoms with Gasteiger partial charge in [-0.1, -0.05) is 12.8 Å². The second kappa shape index (κ2) is 7.09. The second-order valence-electron chi connectivity index (χ2n) is 6.19. The van der Waals surface area contributed by atoms with Crippen LogP contribution in [0.15, 0.2) is 0 Å². The summed E-state index contributed by atoms with van der Waals surface area (Å²) in [4.78, 5) is 38.6. The molecule has 2 rings (SSSR count). The van der Waals surface area contributed by atoms with Crippen molar-refractivity contribution in [1.29, 1.82) is 0 Å². The highest BCUT2D eigenvalue weighted by Crippen LogP contribution is 2.39. The molecule has 3 atom stereocenters. The van der Waals surface area contributed by atoms with Crippen LogP contribution < -0.4 is 0 Å². The molecule has 1 aliphatic heterocycles. The number of amides is 2. The number of fused-ring (bicyclic) bond motifs is 1. The lowest BCUT2D eigenvalue weighted by Crippen LogP contribution is -2.50. The van der Waals surface area contributed by atoms with Crippen LogP contribution in [0.5, 0.6) is 0 Å². The average Bonchev–Trinajstić information content (AvgIpc) is 2.87. The molecule has 22 heavy (non-hydrogen) atoms. The van der Waals surface area contributed by atoms with Gasteiger partial charge in [0.05, 0.1) is 6.54 Å². The van der Waals surface area contributed by atoms with E-state index >= 15 is 0 Å². The molecule has 2 fully saturated rings. The Morgan fingerprint density at radius 1 is 1.27 bits per heavy atom. The van der Waals surface area contributed by atoms with Gasteiger partial charge in [0, 0.05) is 20.2 Å². The number of likely N-dealkylation sites (tertiary alicyclic amines) is 1. The summed E-state index contributed by atoms with van der Waals surface area (Å²) in [5, 5.41) is 9.41. The van der Waals surface area contributed by atoms with E-state index in [1.165, 1.54) is 24.0 Å². The second-order valence-corrected chi connectivity index (χ2v) is 6.19. The van der Waals surface area contributed by atoms with Crippen molar-refractivity contribution < 1.29 is 24.2 Å². The fourth-order valence-electron chi connectivity index (χ4n) is 3.65. The van der Waals surface area contributed by atoms with Gasteiger partial charge in [-0.2, -0.15) is 0 Å². The summed E-state index contributed by atoms with van der Waals surface area (Å²) in [7, 11) is 2.95. The number of hydrogen-bond acceptors (Lipinski definition) is 4. The van der Waals surface area contributed by atoms with Crippen molar-refractivity contribution in [3.63, 3.8) is 0 Å². The molecule has 0 aromatic carbocycles. The van der Waals surface area contributed by atoms with Gasteiger partial charge in [-0.25, -0.2) is 4.79 Å². The van der Waals surface area contributed by atoms with Gasteiger partial charge in [0.2, 0.25) is 11.8 Å². The summed E-state index contributed by atoms with van der Waals surface area (Å²) in [6.07, 6.45) is 4.49. The Labute approximate surface area is 130 Å². The van der Waals surface area contributed by atoms with E-state index in [0.717, 1.165) is 25.7 Å². The Morgan fingerprint density at radius 2 is 1.95 bits per heavy atom. The molecule has 124 valence electrons. The molecular formula is C15H24N2O5. The number of rotatable bonds is 5. The first-order valence-electron chi connectivity index (χ1n) is 7.72. The van der Waals surface area contributed by atoms with Gasteiger partial charge in [-0.15, -0.1) is 0 Å². The fourth-order valence-corrected chi connectivity index (χ4v) is 3.65. The van der Waals surface area contributed by atoms with Crippen LogP contribution in [-0.4, -0.2) is 72.1 Å². The summed E-state index contributed by atoms with van der Waals surface area (Å²) in [5.41, 5.74) is 0. The van der Waals surface area contributed by atoms with Crippen molar-refractivity contribution in [1.82, 2.24) is 9.80 Å². The van der Waals surface area contributed by atoms with Crippen LogP contribution in [0.4, 0.5) is 0 Å². The Morgan fingerprint density at radius 3 is 2.59 bits per heavy atom. The van der Waals surface area contributed by atoms with E-state index in [2.05, 4.69) is 0 Å².